The minimum Gasteiger partial charge on any atom is -0.452 e. The molecule has 0 saturated carbocycles. The average Bonchev–Trinajstić information content (AvgIpc) is 3.52. The van der Waals surface area contributed by atoms with Crippen LogP contribution >= 0.6 is 0 Å². The highest BCUT2D eigenvalue weighted by Gasteiger charge is 2.41. The summed E-state index contributed by atoms with van der Waals surface area (Å²) >= 11 is 0. The van der Waals surface area contributed by atoms with E-state index in [-0.39, 0.29) is 34.7 Å². The van der Waals surface area contributed by atoms with Crippen molar-refractivity contribution in [2.75, 3.05) is 5.32 Å². The van der Waals surface area contributed by atoms with Gasteiger partial charge < -0.3 is 10.1 Å². The molecule has 0 atom stereocenters. The number of aromatic amines is 1. The molecule has 5 rings (SSSR count). The molecule has 0 bridgehead atoms. The Labute approximate surface area is 229 Å². The van der Waals surface area contributed by atoms with Gasteiger partial charge in [0.1, 0.15) is 5.52 Å². The summed E-state index contributed by atoms with van der Waals surface area (Å²) in [5.74, 6) is -2.19. The van der Waals surface area contributed by atoms with E-state index in [2.05, 4.69) is 25.4 Å². The van der Waals surface area contributed by atoms with E-state index in [1.165, 1.54) is 35.2 Å². The van der Waals surface area contributed by atoms with Crippen LogP contribution in [0.1, 0.15) is 48.4 Å². The number of carbonyl (C=O) groups is 1. The topological polar surface area (TPSA) is 120 Å². The summed E-state index contributed by atoms with van der Waals surface area (Å²) < 4.78 is 65.1. The van der Waals surface area contributed by atoms with Crippen LogP contribution in [-0.4, -0.2) is 35.2 Å². The molecule has 41 heavy (non-hydrogen) atoms. The molecule has 0 spiro atoms. The second-order valence-electron chi connectivity index (χ2n) is 9.26. The quantitative estimate of drug-likeness (QED) is 0.245. The Morgan fingerprint density at radius 2 is 1.90 bits per heavy atom. The third-order valence-electron chi connectivity index (χ3n) is 6.23. The maximum Gasteiger partial charge on any atom is 0.434 e. The molecule has 10 nitrogen and oxygen atoms in total. The molecule has 5 aromatic rings. The fraction of sp³-hybridized carbons (Fsp3) is 0.222. The van der Waals surface area contributed by atoms with Gasteiger partial charge in [-0.3, -0.25) is 14.3 Å². The summed E-state index contributed by atoms with van der Waals surface area (Å²) in [6.45, 7) is 5.33. The largest absolute Gasteiger partial charge is 0.452 e. The number of carbonyl (C=O) groups excluding carboxylic acids is 1. The SMILES string of the molecule is CCc1cccnc1-n1ncc(C(=O)Nc2ccc(Oc3ccnc4[nH]c(=O)n(C(C)C)c34)c(F)c2)c1C(F)(F)F. The third-order valence-corrected chi connectivity index (χ3v) is 6.23. The highest BCUT2D eigenvalue weighted by Crippen LogP contribution is 2.35. The van der Waals surface area contributed by atoms with Crippen LogP contribution in [0.15, 0.2) is 59.8 Å². The molecule has 4 aromatic heterocycles. The number of aryl methyl sites for hydroxylation is 1. The zero-order valence-corrected chi connectivity index (χ0v) is 22.0. The second-order valence-corrected chi connectivity index (χ2v) is 9.26. The van der Waals surface area contributed by atoms with Gasteiger partial charge in [-0.25, -0.2) is 23.8 Å². The molecule has 0 aliphatic heterocycles. The number of imidazole rings is 1. The van der Waals surface area contributed by atoms with Crippen molar-refractivity contribution in [2.45, 2.75) is 39.4 Å². The number of alkyl halides is 3. The lowest BCUT2D eigenvalue weighted by atomic mass is 10.2. The van der Waals surface area contributed by atoms with Crippen LogP contribution in [0.5, 0.6) is 11.5 Å². The first-order valence-electron chi connectivity index (χ1n) is 12.5. The molecule has 1 aromatic carbocycles. The van der Waals surface area contributed by atoms with E-state index in [9.17, 15) is 22.8 Å². The van der Waals surface area contributed by atoms with E-state index in [1.54, 1.807) is 32.9 Å². The second kappa shape index (κ2) is 10.5. The van der Waals surface area contributed by atoms with Crippen molar-refractivity contribution in [3.63, 3.8) is 0 Å². The number of rotatable bonds is 7. The van der Waals surface area contributed by atoms with Crippen molar-refractivity contribution in [1.29, 1.82) is 0 Å². The maximum absolute atomic E-state index is 15.1. The summed E-state index contributed by atoms with van der Waals surface area (Å²) in [7, 11) is 0. The number of H-pyrrole nitrogens is 1. The molecule has 0 aliphatic carbocycles. The van der Waals surface area contributed by atoms with Crippen LogP contribution in [0, 0.1) is 5.82 Å². The maximum atomic E-state index is 15.1. The van der Waals surface area contributed by atoms with Gasteiger partial charge in [0.25, 0.3) is 5.91 Å². The molecule has 14 heteroatoms. The lowest BCUT2D eigenvalue weighted by molar-refractivity contribution is -0.143. The number of aromatic nitrogens is 6. The fourth-order valence-corrected chi connectivity index (χ4v) is 4.42. The number of benzene rings is 1. The van der Waals surface area contributed by atoms with E-state index < -0.39 is 34.8 Å². The van der Waals surface area contributed by atoms with Gasteiger partial charge in [0.15, 0.2) is 34.5 Å². The summed E-state index contributed by atoms with van der Waals surface area (Å²) in [6, 6.07) is 7.81. The first-order chi connectivity index (χ1) is 19.5. The van der Waals surface area contributed by atoms with E-state index in [0.29, 0.717) is 22.2 Å². The van der Waals surface area contributed by atoms with Crippen LogP contribution in [0.4, 0.5) is 23.2 Å². The predicted octanol–water partition coefficient (Wildman–Crippen LogP) is 5.65. The molecule has 0 aliphatic rings. The van der Waals surface area contributed by atoms with Crippen molar-refractivity contribution in [3.05, 3.63) is 88.1 Å². The summed E-state index contributed by atoms with van der Waals surface area (Å²) in [6.07, 6.45) is -1.05. The first-order valence-corrected chi connectivity index (χ1v) is 12.5. The van der Waals surface area contributed by atoms with Crippen LogP contribution in [0.25, 0.3) is 17.0 Å². The van der Waals surface area contributed by atoms with Crippen molar-refractivity contribution in [1.82, 2.24) is 29.3 Å². The Kier molecular flexibility index (Phi) is 7.07. The van der Waals surface area contributed by atoms with Gasteiger partial charge >= 0.3 is 11.9 Å². The molecule has 0 unspecified atom stereocenters. The number of amides is 1. The molecule has 0 saturated heterocycles. The summed E-state index contributed by atoms with van der Waals surface area (Å²) in [5.41, 5.74) is -1.51. The van der Waals surface area contributed by atoms with E-state index in [1.807, 2.05) is 0 Å². The molecule has 4 heterocycles. The number of hydrogen-bond acceptors (Lipinski definition) is 6. The van der Waals surface area contributed by atoms with Crippen molar-refractivity contribution in [3.8, 4) is 17.3 Å². The Morgan fingerprint density at radius 3 is 2.59 bits per heavy atom. The monoisotopic (exact) mass is 569 g/mol. The smallest absolute Gasteiger partial charge is 0.434 e. The average molecular weight is 570 g/mol. The lowest BCUT2D eigenvalue weighted by Gasteiger charge is -2.14. The third kappa shape index (κ3) is 5.15. The molecular weight excluding hydrogens is 546 g/mol. The normalized spacial score (nSPS) is 11.8. The number of hydrogen-bond donors (Lipinski definition) is 2. The van der Waals surface area contributed by atoms with Crippen molar-refractivity contribution >= 4 is 22.8 Å². The zero-order valence-electron chi connectivity index (χ0n) is 22.0. The lowest BCUT2D eigenvalue weighted by Crippen LogP contribution is -2.21. The van der Waals surface area contributed by atoms with Crippen LogP contribution in [0.2, 0.25) is 0 Å². The van der Waals surface area contributed by atoms with Gasteiger partial charge in [-0.05, 0) is 44.0 Å². The fourth-order valence-electron chi connectivity index (χ4n) is 4.42. The number of nitrogens with zero attached hydrogens (tertiary/aromatic N) is 5. The number of ether oxygens (including phenoxy) is 1. The van der Waals surface area contributed by atoms with E-state index >= 15 is 4.39 Å². The Hall–Kier alpha value is -5.01. The Bertz CT molecular complexity index is 1820. The van der Waals surface area contributed by atoms with Crippen molar-refractivity contribution < 1.29 is 27.1 Å². The van der Waals surface area contributed by atoms with Gasteiger partial charge in [0.2, 0.25) is 0 Å². The molecule has 212 valence electrons. The van der Waals surface area contributed by atoms with E-state index in [4.69, 9.17) is 4.74 Å². The first kappa shape index (κ1) is 27.6. The van der Waals surface area contributed by atoms with Crippen LogP contribution < -0.4 is 15.7 Å². The van der Waals surface area contributed by atoms with Gasteiger partial charge in [0, 0.05) is 36.3 Å². The van der Waals surface area contributed by atoms with Gasteiger partial charge in [-0.2, -0.15) is 18.3 Å². The standard InChI is InChI=1S/C27H23F4N7O3/c1-4-15-6-5-10-33-24(15)38-22(27(29,30)31)17(13-34-38)25(39)35-16-7-8-19(18(28)12-16)41-20-9-11-32-23-21(20)37(14(2)3)26(40)36-23/h5-14H,4H2,1-3H3,(H,35,39)(H,32,36,40). The number of anilines is 1. The molecular formula is C27H23F4N7O3. The summed E-state index contributed by atoms with van der Waals surface area (Å²) in [4.78, 5) is 36.0. The Balaban J connectivity index is 1.44. The van der Waals surface area contributed by atoms with Crippen LogP contribution in [-0.2, 0) is 12.6 Å². The molecule has 1 amide bonds. The minimum absolute atomic E-state index is 0.0514. The van der Waals surface area contributed by atoms with Crippen LogP contribution in [0.3, 0.4) is 0 Å². The zero-order chi connectivity index (χ0) is 29.5. The van der Waals surface area contributed by atoms with Gasteiger partial charge in [-0.1, -0.05) is 13.0 Å². The molecule has 2 N–H and O–H groups in total. The number of fused-ring (bicyclic) bond motifs is 1. The van der Waals surface area contributed by atoms with Crippen molar-refractivity contribution in [2.24, 2.45) is 0 Å². The highest BCUT2D eigenvalue weighted by molar-refractivity contribution is 6.05. The van der Waals surface area contributed by atoms with Gasteiger partial charge in [0.05, 0.1) is 11.8 Å². The minimum atomic E-state index is -4.94. The van der Waals surface area contributed by atoms with Gasteiger partial charge in [-0.15, -0.1) is 0 Å². The predicted molar refractivity (Wildman–Crippen MR) is 141 cm³/mol. The Morgan fingerprint density at radius 1 is 1.12 bits per heavy atom. The van der Waals surface area contributed by atoms with E-state index in [0.717, 1.165) is 12.3 Å². The molecule has 0 radical (unpaired) electrons. The number of halogens is 4. The summed E-state index contributed by atoms with van der Waals surface area (Å²) in [5, 5.41) is 6.08. The number of nitrogens with one attached hydrogen (secondary N) is 2. The number of pyridine rings is 2. The highest BCUT2D eigenvalue weighted by atomic mass is 19.4. The molecule has 0 fully saturated rings.